The maximum Gasteiger partial charge on any atom is 0.226 e. The summed E-state index contributed by atoms with van der Waals surface area (Å²) in [5.41, 5.74) is 2.56. The van der Waals surface area contributed by atoms with Gasteiger partial charge in [0.25, 0.3) is 0 Å². The van der Waals surface area contributed by atoms with Gasteiger partial charge in [0, 0.05) is 10.9 Å². The Morgan fingerprint density at radius 1 is 1.48 bits per heavy atom. The van der Waals surface area contributed by atoms with Crippen molar-refractivity contribution < 1.29 is 9.90 Å². The molecule has 1 saturated carbocycles. The number of aliphatic hydroxyl groups is 1. The molecular formula is C18H22N2O2S. The van der Waals surface area contributed by atoms with Gasteiger partial charge in [-0.25, -0.2) is 4.98 Å². The molecule has 0 aliphatic heterocycles. The molecule has 1 fully saturated rings. The van der Waals surface area contributed by atoms with Gasteiger partial charge in [-0.05, 0) is 38.7 Å². The van der Waals surface area contributed by atoms with Crippen LogP contribution in [-0.2, 0) is 11.2 Å². The highest BCUT2D eigenvalue weighted by Crippen LogP contribution is 2.39. The van der Waals surface area contributed by atoms with Crippen LogP contribution in [0.5, 0.6) is 0 Å². The van der Waals surface area contributed by atoms with E-state index in [1.807, 2.05) is 24.4 Å². The lowest BCUT2D eigenvalue weighted by Crippen LogP contribution is -2.51. The molecule has 1 amide bonds. The molecule has 0 bridgehead atoms. The summed E-state index contributed by atoms with van der Waals surface area (Å²) in [6, 6.07) is 8.20. The summed E-state index contributed by atoms with van der Waals surface area (Å²) in [7, 11) is 0. The number of aromatic nitrogens is 1. The molecule has 0 spiro atoms. The van der Waals surface area contributed by atoms with Gasteiger partial charge < -0.3 is 10.4 Å². The number of thiazole rings is 1. The summed E-state index contributed by atoms with van der Waals surface area (Å²) in [5, 5.41) is 15.4. The van der Waals surface area contributed by atoms with Crippen molar-refractivity contribution in [3.05, 3.63) is 40.9 Å². The van der Waals surface area contributed by atoms with E-state index in [0.717, 1.165) is 29.1 Å². The van der Waals surface area contributed by atoms with Gasteiger partial charge in [-0.2, -0.15) is 0 Å². The molecule has 1 unspecified atom stereocenters. The molecule has 4 nitrogen and oxygen atoms in total. The fourth-order valence-electron chi connectivity index (χ4n) is 2.82. The van der Waals surface area contributed by atoms with Crippen LogP contribution in [0.3, 0.4) is 0 Å². The minimum Gasteiger partial charge on any atom is -0.394 e. The maximum absolute atomic E-state index is 12.3. The van der Waals surface area contributed by atoms with Crippen LogP contribution in [0.25, 0.3) is 10.6 Å². The third-order valence-corrected chi connectivity index (χ3v) is 5.33. The van der Waals surface area contributed by atoms with Crippen molar-refractivity contribution in [3.8, 4) is 10.6 Å². The highest BCUT2D eigenvalue weighted by atomic mass is 32.1. The molecule has 2 aromatic rings. The van der Waals surface area contributed by atoms with E-state index in [1.54, 1.807) is 11.3 Å². The first-order valence-corrected chi connectivity index (χ1v) is 8.81. The van der Waals surface area contributed by atoms with Crippen LogP contribution in [0.15, 0.2) is 29.6 Å². The first-order chi connectivity index (χ1) is 11.0. The van der Waals surface area contributed by atoms with Crippen molar-refractivity contribution in [2.24, 2.45) is 5.92 Å². The van der Waals surface area contributed by atoms with E-state index in [2.05, 4.69) is 29.4 Å². The molecule has 1 atom stereocenters. The minimum atomic E-state index is -0.494. The fourth-order valence-corrected chi connectivity index (χ4v) is 3.63. The largest absolute Gasteiger partial charge is 0.394 e. The van der Waals surface area contributed by atoms with Gasteiger partial charge >= 0.3 is 0 Å². The van der Waals surface area contributed by atoms with Gasteiger partial charge in [0.05, 0.1) is 24.3 Å². The Hall–Kier alpha value is -1.72. The number of benzene rings is 1. The van der Waals surface area contributed by atoms with Crippen molar-refractivity contribution in [2.75, 3.05) is 6.61 Å². The van der Waals surface area contributed by atoms with Gasteiger partial charge in [0.1, 0.15) is 5.01 Å². The number of nitrogens with zero attached hydrogens (tertiary/aromatic N) is 1. The van der Waals surface area contributed by atoms with Gasteiger partial charge in [0.15, 0.2) is 0 Å². The Bertz CT molecular complexity index is 709. The van der Waals surface area contributed by atoms with Gasteiger partial charge in [0.2, 0.25) is 5.91 Å². The SMILES string of the molecule is Cc1cccc(-c2nc(CC(=O)NC(C)(CO)C3CC3)cs2)c1. The molecule has 3 rings (SSSR count). The molecule has 1 aliphatic carbocycles. The minimum absolute atomic E-state index is 0.0188. The first-order valence-electron chi connectivity index (χ1n) is 7.93. The number of amides is 1. The summed E-state index contributed by atoms with van der Waals surface area (Å²) in [6.07, 6.45) is 2.40. The lowest BCUT2D eigenvalue weighted by Gasteiger charge is -2.28. The molecule has 1 heterocycles. The Labute approximate surface area is 140 Å². The lowest BCUT2D eigenvalue weighted by atomic mass is 9.96. The van der Waals surface area contributed by atoms with Crippen molar-refractivity contribution in [3.63, 3.8) is 0 Å². The number of carbonyl (C=O) groups excluding carboxylic acids is 1. The van der Waals surface area contributed by atoms with Gasteiger partial charge in [-0.15, -0.1) is 11.3 Å². The molecule has 5 heteroatoms. The van der Waals surface area contributed by atoms with Crippen molar-refractivity contribution in [2.45, 2.75) is 38.6 Å². The van der Waals surface area contributed by atoms with E-state index < -0.39 is 5.54 Å². The second-order valence-electron chi connectivity index (χ2n) is 6.59. The third-order valence-electron chi connectivity index (χ3n) is 4.39. The fraction of sp³-hybridized carbons (Fsp3) is 0.444. The topological polar surface area (TPSA) is 62.2 Å². The molecule has 122 valence electrons. The maximum atomic E-state index is 12.3. The Balaban J connectivity index is 1.66. The zero-order valence-corrected chi connectivity index (χ0v) is 14.3. The molecular weight excluding hydrogens is 308 g/mol. The highest BCUT2D eigenvalue weighted by Gasteiger charge is 2.42. The molecule has 1 aromatic carbocycles. The quantitative estimate of drug-likeness (QED) is 0.856. The molecule has 2 N–H and O–H groups in total. The number of hydrogen-bond donors (Lipinski definition) is 2. The van der Waals surface area contributed by atoms with E-state index in [0.29, 0.717) is 5.92 Å². The normalized spacial score (nSPS) is 16.8. The Morgan fingerprint density at radius 3 is 2.91 bits per heavy atom. The predicted octanol–water partition coefficient (Wildman–Crippen LogP) is 2.94. The van der Waals surface area contributed by atoms with Crippen LogP contribution >= 0.6 is 11.3 Å². The lowest BCUT2D eigenvalue weighted by molar-refractivity contribution is -0.123. The monoisotopic (exact) mass is 330 g/mol. The molecule has 0 saturated heterocycles. The van der Waals surface area contributed by atoms with Crippen LogP contribution in [0, 0.1) is 12.8 Å². The van der Waals surface area contributed by atoms with Crippen molar-refractivity contribution >= 4 is 17.2 Å². The number of rotatable bonds is 6. The highest BCUT2D eigenvalue weighted by molar-refractivity contribution is 7.13. The standard InChI is InChI=1S/C18H22N2O2S/c1-12-4-3-5-13(8-12)17-19-15(10-23-17)9-16(22)20-18(2,11-21)14-6-7-14/h3-5,8,10,14,21H,6-7,9,11H2,1-2H3,(H,20,22). The number of aryl methyl sites for hydroxylation is 1. The van der Waals surface area contributed by atoms with Crippen LogP contribution in [-0.4, -0.2) is 28.1 Å². The number of nitrogens with one attached hydrogen (secondary N) is 1. The van der Waals surface area contributed by atoms with E-state index in [9.17, 15) is 9.90 Å². The summed E-state index contributed by atoms with van der Waals surface area (Å²) >= 11 is 1.56. The van der Waals surface area contributed by atoms with E-state index in [4.69, 9.17) is 0 Å². The molecule has 23 heavy (non-hydrogen) atoms. The van der Waals surface area contributed by atoms with Crippen LogP contribution in [0.1, 0.15) is 31.0 Å². The zero-order chi connectivity index (χ0) is 16.4. The van der Waals surface area contributed by atoms with E-state index in [1.165, 1.54) is 5.56 Å². The molecule has 1 aliphatic rings. The average molecular weight is 330 g/mol. The van der Waals surface area contributed by atoms with E-state index >= 15 is 0 Å². The molecule has 1 aromatic heterocycles. The summed E-state index contributed by atoms with van der Waals surface area (Å²) in [4.78, 5) is 16.8. The van der Waals surface area contributed by atoms with Gasteiger partial charge in [-0.1, -0.05) is 23.8 Å². The van der Waals surface area contributed by atoms with Crippen LogP contribution < -0.4 is 5.32 Å². The third kappa shape index (κ3) is 3.79. The summed E-state index contributed by atoms with van der Waals surface area (Å²) < 4.78 is 0. The smallest absolute Gasteiger partial charge is 0.226 e. The Morgan fingerprint density at radius 2 is 2.26 bits per heavy atom. The zero-order valence-electron chi connectivity index (χ0n) is 13.5. The summed E-state index contributed by atoms with van der Waals surface area (Å²) in [5.74, 6) is 0.323. The Kier molecular flexibility index (Phi) is 4.50. The summed E-state index contributed by atoms with van der Waals surface area (Å²) in [6.45, 7) is 3.95. The number of hydrogen-bond acceptors (Lipinski definition) is 4. The molecule has 0 radical (unpaired) electrons. The van der Waals surface area contributed by atoms with Crippen molar-refractivity contribution in [1.29, 1.82) is 0 Å². The number of aliphatic hydroxyl groups excluding tert-OH is 1. The predicted molar refractivity (Wildman–Crippen MR) is 92.3 cm³/mol. The second-order valence-corrected chi connectivity index (χ2v) is 7.45. The second kappa shape index (κ2) is 6.42. The van der Waals surface area contributed by atoms with Crippen molar-refractivity contribution in [1.82, 2.24) is 10.3 Å². The van der Waals surface area contributed by atoms with Crippen LogP contribution in [0.4, 0.5) is 0 Å². The van der Waals surface area contributed by atoms with E-state index in [-0.39, 0.29) is 18.9 Å². The number of carbonyl (C=O) groups is 1. The average Bonchev–Trinajstić information content (AvgIpc) is 3.28. The van der Waals surface area contributed by atoms with Gasteiger partial charge in [-0.3, -0.25) is 4.79 Å². The first kappa shape index (κ1) is 16.1. The van der Waals surface area contributed by atoms with Crippen LogP contribution in [0.2, 0.25) is 0 Å².